The van der Waals surface area contributed by atoms with Gasteiger partial charge in [0.1, 0.15) is 6.07 Å². The molecule has 422 valence electrons. The molecule has 0 amide bonds. The summed E-state index contributed by atoms with van der Waals surface area (Å²) in [4.78, 5) is 13.5. The second-order valence-electron chi connectivity index (χ2n) is 22.1. The molecule has 0 atom stereocenters. The number of para-hydroxylation sites is 16. The zero-order valence-corrected chi connectivity index (χ0v) is 48.0. The molecule has 0 spiro atoms. The maximum Gasteiger partial charge on any atom is 0.203 e. The molecular weight excluding hydrogens is 1110 g/mol. The number of fused-ring (bicyclic) bond motifs is 8. The molecule has 17 rings (SSSR count). The molecule has 4 aliphatic rings. The lowest BCUT2D eigenvalue weighted by molar-refractivity contribution is 0.477. The van der Waals surface area contributed by atoms with Gasteiger partial charge in [-0.15, -0.1) is 0 Å². The molecule has 10 nitrogen and oxygen atoms in total. The molecule has 90 heavy (non-hydrogen) atoms. The van der Waals surface area contributed by atoms with Crippen LogP contribution in [0.4, 0.5) is 73.9 Å². The Labute approximate surface area is 519 Å². The van der Waals surface area contributed by atoms with Crippen molar-refractivity contribution in [3.63, 3.8) is 0 Å². The number of ether oxygens (including phenoxy) is 4. The van der Waals surface area contributed by atoms with Crippen molar-refractivity contribution in [2.24, 2.45) is 0 Å². The van der Waals surface area contributed by atoms with Crippen molar-refractivity contribution in [1.29, 1.82) is 5.26 Å². The molecule has 13 aromatic rings. The Morgan fingerprint density at radius 2 is 0.444 bits per heavy atom. The topological polar surface area (TPSA) is 78.0 Å². The maximum absolute atomic E-state index is 12.3. The van der Waals surface area contributed by atoms with E-state index in [4.69, 9.17) is 18.9 Å². The van der Waals surface area contributed by atoms with Crippen molar-refractivity contribution in [2.75, 3.05) is 19.6 Å². The van der Waals surface area contributed by atoms with Crippen LogP contribution in [0.15, 0.2) is 291 Å². The highest BCUT2D eigenvalue weighted by molar-refractivity contribution is 6.10. The molecule has 0 saturated heterocycles. The van der Waals surface area contributed by atoms with Crippen molar-refractivity contribution < 1.29 is 18.9 Å². The number of nitrogens with zero attached hydrogens (tertiary/aromatic N) is 6. The van der Waals surface area contributed by atoms with Crippen LogP contribution in [0.2, 0.25) is 0 Å². The van der Waals surface area contributed by atoms with Gasteiger partial charge in [0.05, 0.1) is 57.6 Å². The molecule has 0 radical (unpaired) electrons. The summed E-state index contributed by atoms with van der Waals surface area (Å²) in [5, 5.41) is 12.3. The Morgan fingerprint density at radius 3 is 0.633 bits per heavy atom. The number of nitriles is 1. The van der Waals surface area contributed by atoms with Crippen LogP contribution in [0.1, 0.15) is 5.56 Å². The lowest BCUT2D eigenvalue weighted by Gasteiger charge is -2.33. The average molecular weight is 1160 g/mol. The SMILES string of the molecule is [C-]#[N+]c1c(-c2ccc(N3c4ccccc4Oc4ccccc43)cc2)c(-c2ccc(N3c4ccccc4Oc4ccccc43)cc2)c(C#N)c(-c2ccc(N3c4ccccc4Oc4ccccc43)cc2)c1-c1ccc(N2c3ccccc3Oc3ccccc32)cc1. The van der Waals surface area contributed by atoms with Crippen molar-refractivity contribution in [3.05, 3.63) is 308 Å². The Bertz CT molecular complexity index is 4320. The highest BCUT2D eigenvalue weighted by Crippen LogP contribution is 2.58. The zero-order chi connectivity index (χ0) is 59.8. The van der Waals surface area contributed by atoms with Gasteiger partial charge in [0, 0.05) is 22.7 Å². The van der Waals surface area contributed by atoms with Gasteiger partial charge in [0.25, 0.3) is 0 Å². The summed E-state index contributed by atoms with van der Waals surface area (Å²) in [6.07, 6.45) is 0. The summed E-state index contributed by atoms with van der Waals surface area (Å²) < 4.78 is 25.7. The van der Waals surface area contributed by atoms with Crippen LogP contribution in [-0.2, 0) is 0 Å². The highest BCUT2D eigenvalue weighted by Gasteiger charge is 2.33. The fourth-order valence-corrected chi connectivity index (χ4v) is 13.1. The fraction of sp³-hybridized carbons (Fsp3) is 0. The van der Waals surface area contributed by atoms with E-state index in [2.05, 4.69) is 176 Å². The molecule has 4 heterocycles. The average Bonchev–Trinajstić information content (AvgIpc) is 0.820. The van der Waals surface area contributed by atoms with E-state index in [-0.39, 0.29) is 0 Å². The Morgan fingerprint density at radius 1 is 0.256 bits per heavy atom. The van der Waals surface area contributed by atoms with Crippen LogP contribution < -0.4 is 38.5 Å². The first-order chi connectivity index (χ1) is 44.6. The van der Waals surface area contributed by atoms with E-state index in [1.165, 1.54) is 0 Å². The van der Waals surface area contributed by atoms with Crippen LogP contribution >= 0.6 is 0 Å². The van der Waals surface area contributed by atoms with Crippen molar-refractivity contribution in [2.45, 2.75) is 0 Å². The second-order valence-corrected chi connectivity index (χ2v) is 22.1. The fourth-order valence-electron chi connectivity index (χ4n) is 13.1. The van der Waals surface area contributed by atoms with Gasteiger partial charge in [-0.1, -0.05) is 146 Å². The minimum atomic E-state index is 0.392. The molecule has 0 aliphatic carbocycles. The summed E-state index contributed by atoms with van der Waals surface area (Å²) in [7, 11) is 0. The summed E-state index contributed by atoms with van der Waals surface area (Å²) in [5.74, 6) is 5.92. The summed E-state index contributed by atoms with van der Waals surface area (Å²) in [6, 6.07) is 100. The molecule has 4 aliphatic heterocycles. The van der Waals surface area contributed by atoms with Crippen LogP contribution in [-0.4, -0.2) is 0 Å². The largest absolute Gasteiger partial charge is 0.453 e. The predicted octanol–water partition coefficient (Wildman–Crippen LogP) is 23.1. The highest BCUT2D eigenvalue weighted by atomic mass is 16.5. The number of benzene rings is 13. The monoisotopic (exact) mass is 1160 g/mol. The van der Waals surface area contributed by atoms with Crippen molar-refractivity contribution in [1.82, 2.24) is 0 Å². The van der Waals surface area contributed by atoms with Gasteiger partial charge in [-0.2, -0.15) is 5.26 Å². The molecular formula is C80H48N6O4. The first-order valence-electron chi connectivity index (χ1n) is 29.6. The molecule has 0 aromatic heterocycles. The summed E-state index contributed by atoms with van der Waals surface area (Å²) in [6.45, 7) is 9.57. The van der Waals surface area contributed by atoms with E-state index in [1.807, 2.05) is 146 Å². The summed E-state index contributed by atoms with van der Waals surface area (Å²) in [5.41, 5.74) is 17.1. The lowest BCUT2D eigenvalue weighted by Crippen LogP contribution is -2.15. The van der Waals surface area contributed by atoms with Crippen LogP contribution in [0.25, 0.3) is 49.4 Å². The molecule has 0 saturated carbocycles. The second kappa shape index (κ2) is 21.0. The van der Waals surface area contributed by atoms with Gasteiger partial charge in [-0.3, -0.25) is 0 Å². The van der Waals surface area contributed by atoms with E-state index >= 15 is 0 Å². The molecule has 0 fully saturated rings. The van der Waals surface area contributed by atoms with Gasteiger partial charge < -0.3 is 38.5 Å². The van der Waals surface area contributed by atoms with Crippen molar-refractivity contribution in [3.8, 4) is 96.6 Å². The normalized spacial score (nSPS) is 12.7. The molecule has 0 N–H and O–H groups in total. The predicted molar refractivity (Wildman–Crippen MR) is 358 cm³/mol. The van der Waals surface area contributed by atoms with Gasteiger partial charge in [-0.25, -0.2) is 4.85 Å². The van der Waals surface area contributed by atoms with Gasteiger partial charge in [0.2, 0.25) is 5.69 Å². The molecule has 0 bridgehead atoms. The van der Waals surface area contributed by atoms with Crippen molar-refractivity contribution >= 4 is 73.9 Å². The van der Waals surface area contributed by atoms with Gasteiger partial charge in [0.15, 0.2) is 46.0 Å². The first-order valence-corrected chi connectivity index (χ1v) is 29.6. The van der Waals surface area contributed by atoms with E-state index in [0.717, 1.165) is 136 Å². The number of hydrogen-bond acceptors (Lipinski definition) is 9. The van der Waals surface area contributed by atoms with E-state index in [1.54, 1.807) is 0 Å². The quantitative estimate of drug-likeness (QED) is 0.138. The molecule has 10 heteroatoms. The van der Waals surface area contributed by atoms with Gasteiger partial charge >= 0.3 is 0 Å². The molecule has 0 unspecified atom stereocenters. The number of anilines is 12. The third-order valence-electron chi connectivity index (χ3n) is 17.1. The third kappa shape index (κ3) is 8.32. The maximum atomic E-state index is 12.3. The van der Waals surface area contributed by atoms with E-state index in [0.29, 0.717) is 33.5 Å². The zero-order valence-electron chi connectivity index (χ0n) is 48.0. The van der Waals surface area contributed by atoms with Crippen LogP contribution in [0, 0.1) is 17.9 Å². The van der Waals surface area contributed by atoms with E-state index in [9.17, 15) is 11.8 Å². The van der Waals surface area contributed by atoms with E-state index < -0.39 is 0 Å². The Kier molecular flexibility index (Phi) is 12.1. The minimum absolute atomic E-state index is 0.392. The molecule has 13 aromatic carbocycles. The minimum Gasteiger partial charge on any atom is -0.453 e. The third-order valence-corrected chi connectivity index (χ3v) is 17.1. The smallest absolute Gasteiger partial charge is 0.203 e. The van der Waals surface area contributed by atoms with Crippen LogP contribution in [0.3, 0.4) is 0 Å². The summed E-state index contributed by atoms with van der Waals surface area (Å²) >= 11 is 0. The van der Waals surface area contributed by atoms with Gasteiger partial charge in [-0.05, 0) is 190 Å². The lowest BCUT2D eigenvalue weighted by atomic mass is 9.79. The number of rotatable bonds is 8. The number of hydrogen-bond donors (Lipinski definition) is 0. The standard InChI is InChI=1S/C80H48N6O4/c1-82-80-78(53-38-46-57(47-39-53)85-64-22-6-14-30-72(64)89-73-31-15-7-23-65(73)85)76(51-34-42-55(43-35-51)83-60-18-2-10-26-68(60)87-69-27-11-3-19-61(69)83)59(50-81)77(52-36-44-56(45-37-52)84-62-20-4-12-28-70(62)88-71-29-13-5-21-63(71)84)79(80)54-40-48-58(49-41-54)86-66-24-8-16-32-74(66)90-75-33-17-9-25-67(75)86/h2-49H. The first kappa shape index (κ1) is 51.6. The Hall–Kier alpha value is -12.8. The Balaban J connectivity index is 0.896. The van der Waals surface area contributed by atoms with Crippen LogP contribution in [0.5, 0.6) is 46.0 Å².